The summed E-state index contributed by atoms with van der Waals surface area (Å²) < 4.78 is 6.43. The van der Waals surface area contributed by atoms with E-state index in [1.54, 1.807) is 6.08 Å². The van der Waals surface area contributed by atoms with E-state index in [9.17, 15) is 14.4 Å². The maximum atomic E-state index is 12.6. The number of amidine groups is 1. The van der Waals surface area contributed by atoms with Crippen molar-refractivity contribution in [1.29, 1.82) is 0 Å². The highest BCUT2D eigenvalue weighted by Crippen LogP contribution is 2.24. The summed E-state index contributed by atoms with van der Waals surface area (Å²) in [5, 5.41) is 2.53. The third-order valence-electron chi connectivity index (χ3n) is 3.34. The molecule has 1 unspecified atom stereocenters. The lowest BCUT2D eigenvalue weighted by Crippen LogP contribution is -2.56. The molecule has 8 heteroatoms. The van der Waals surface area contributed by atoms with Crippen molar-refractivity contribution in [2.24, 2.45) is 10.9 Å². The highest BCUT2D eigenvalue weighted by atomic mass is 16.5. The number of methoxy groups -OCH3 is 1. The number of aliphatic imine (C=N–C) groups is 1. The van der Waals surface area contributed by atoms with Gasteiger partial charge in [-0.15, -0.1) is 11.6 Å². The lowest BCUT2D eigenvalue weighted by Gasteiger charge is -2.27. The number of carbonyl (C=O) groups excluding carboxylic acids is 3. The molecule has 2 aliphatic rings. The summed E-state index contributed by atoms with van der Waals surface area (Å²) >= 11 is 0. The van der Waals surface area contributed by atoms with Gasteiger partial charge in [0.2, 0.25) is 0 Å². The standard InChI is InChI=1S/C14H16N4O4/c1-4-6-15-10(19)8-18-13(20)11-9(22-3)5-7-16-12(11)17(2)14(18)21/h4-5,7,11H,1,6,8H2,2-3H3/p+1. The number of dihydropyridines is 1. The molecule has 22 heavy (non-hydrogen) atoms. The smallest absolute Gasteiger partial charge is 0.446 e. The molecule has 0 fully saturated rings. The van der Waals surface area contributed by atoms with Gasteiger partial charge in [0.15, 0.2) is 12.5 Å². The van der Waals surface area contributed by atoms with Gasteiger partial charge in [-0.05, 0) is 0 Å². The van der Waals surface area contributed by atoms with Crippen molar-refractivity contribution in [1.82, 2.24) is 10.2 Å². The van der Waals surface area contributed by atoms with Crippen LogP contribution in [0.4, 0.5) is 4.79 Å². The second-order valence-corrected chi connectivity index (χ2v) is 4.70. The summed E-state index contributed by atoms with van der Waals surface area (Å²) in [6.07, 6.45) is 4.54. The van der Waals surface area contributed by atoms with Gasteiger partial charge in [0.05, 0.1) is 14.2 Å². The Morgan fingerprint density at radius 2 is 2.32 bits per heavy atom. The molecular formula is C14H17N4O4+. The molecule has 0 spiro atoms. The average molecular weight is 305 g/mol. The number of amides is 4. The first-order valence-corrected chi connectivity index (χ1v) is 6.63. The molecule has 0 aromatic rings. The number of nitrogens with one attached hydrogen (secondary N) is 1. The van der Waals surface area contributed by atoms with Gasteiger partial charge in [-0.3, -0.25) is 9.59 Å². The van der Waals surface area contributed by atoms with E-state index in [-0.39, 0.29) is 18.9 Å². The van der Waals surface area contributed by atoms with Crippen LogP contribution in [0.15, 0.2) is 29.5 Å². The highest BCUT2D eigenvalue weighted by molar-refractivity contribution is 6.16. The van der Waals surface area contributed by atoms with E-state index in [0.717, 1.165) is 4.90 Å². The van der Waals surface area contributed by atoms with Crippen LogP contribution in [0.2, 0.25) is 0 Å². The zero-order chi connectivity index (χ0) is 16.3. The number of imide groups is 1. The van der Waals surface area contributed by atoms with Crippen LogP contribution in [-0.2, 0) is 14.3 Å². The maximum Gasteiger partial charge on any atom is 0.446 e. The summed E-state index contributed by atoms with van der Waals surface area (Å²) in [6, 6.07) is -0.598. The Kier molecular flexibility index (Phi) is 4.50. The third-order valence-corrected chi connectivity index (χ3v) is 3.34. The summed E-state index contributed by atoms with van der Waals surface area (Å²) in [4.78, 5) is 41.6. The largest absolute Gasteiger partial charge is 0.499 e. The highest BCUT2D eigenvalue weighted by Gasteiger charge is 2.49. The molecule has 0 aliphatic carbocycles. The predicted octanol–water partition coefficient (Wildman–Crippen LogP) is -0.477. The zero-order valence-electron chi connectivity index (χ0n) is 12.4. The van der Waals surface area contributed by atoms with Crippen LogP contribution in [0.25, 0.3) is 0 Å². The maximum absolute atomic E-state index is 12.6. The van der Waals surface area contributed by atoms with Crippen molar-refractivity contribution in [2.75, 3.05) is 27.2 Å². The number of rotatable bonds is 5. The molecule has 2 rings (SSSR count). The van der Waals surface area contributed by atoms with Crippen LogP contribution < -0.4 is 5.32 Å². The molecule has 8 nitrogen and oxygen atoms in total. The molecule has 116 valence electrons. The molecule has 0 saturated carbocycles. The topological polar surface area (TPSA) is 91.1 Å². The molecule has 0 radical (unpaired) electrons. The number of urea groups is 1. The molecule has 2 heterocycles. The minimum absolute atomic E-state index is 0.263. The second kappa shape index (κ2) is 6.33. The molecule has 2 aliphatic heterocycles. The number of allylic oxidation sites excluding steroid dienone is 1. The summed E-state index contributed by atoms with van der Waals surface area (Å²) in [5.74, 6) is -1.12. The van der Waals surface area contributed by atoms with E-state index >= 15 is 0 Å². The fourth-order valence-corrected chi connectivity index (χ4v) is 2.24. The van der Waals surface area contributed by atoms with E-state index in [2.05, 4.69) is 16.9 Å². The van der Waals surface area contributed by atoms with Gasteiger partial charge >= 0.3 is 11.9 Å². The van der Waals surface area contributed by atoms with Crippen molar-refractivity contribution in [3.63, 3.8) is 0 Å². The molecule has 0 saturated heterocycles. The molecule has 0 bridgehead atoms. The quantitative estimate of drug-likeness (QED) is 0.549. The van der Waals surface area contributed by atoms with Crippen molar-refractivity contribution in [3.8, 4) is 0 Å². The van der Waals surface area contributed by atoms with Crippen LogP contribution in [0.5, 0.6) is 0 Å². The molecule has 1 N–H and O–H groups in total. The van der Waals surface area contributed by atoms with Crippen LogP contribution >= 0.6 is 0 Å². The SMILES string of the molecule is C=CCNC(=O)CN1C(=O)C2C(OC)=CC=NC2=[N+](C)C1=O. The molecule has 1 atom stereocenters. The van der Waals surface area contributed by atoms with Crippen molar-refractivity contribution in [2.45, 2.75) is 0 Å². The number of hydrogen-bond donors (Lipinski definition) is 1. The Labute approximate surface area is 127 Å². The normalized spacial score (nSPS) is 20.5. The average Bonchev–Trinajstić information content (AvgIpc) is 2.53. The van der Waals surface area contributed by atoms with Gasteiger partial charge in [-0.25, -0.2) is 4.79 Å². The van der Waals surface area contributed by atoms with Crippen LogP contribution in [0.3, 0.4) is 0 Å². The number of carbonyl (C=O) groups is 3. The molecule has 4 amide bonds. The van der Waals surface area contributed by atoms with E-state index in [1.807, 2.05) is 0 Å². The van der Waals surface area contributed by atoms with Gasteiger partial charge in [-0.1, -0.05) is 6.08 Å². The lowest BCUT2D eigenvalue weighted by molar-refractivity contribution is -0.408. The summed E-state index contributed by atoms with van der Waals surface area (Å²) in [7, 11) is 2.94. The first kappa shape index (κ1) is 15.6. The molecule has 0 aromatic heterocycles. The van der Waals surface area contributed by atoms with Crippen molar-refractivity contribution in [3.05, 3.63) is 24.5 Å². The Hall–Kier alpha value is -2.77. The van der Waals surface area contributed by atoms with Crippen LogP contribution in [0.1, 0.15) is 0 Å². The van der Waals surface area contributed by atoms with Gasteiger partial charge < -0.3 is 10.1 Å². The monoisotopic (exact) mass is 305 g/mol. The second-order valence-electron chi connectivity index (χ2n) is 4.70. The minimum atomic E-state index is -0.815. The zero-order valence-corrected chi connectivity index (χ0v) is 12.4. The predicted molar refractivity (Wildman–Crippen MR) is 78.6 cm³/mol. The third kappa shape index (κ3) is 2.67. The lowest BCUT2D eigenvalue weighted by atomic mass is 9.99. The first-order chi connectivity index (χ1) is 10.5. The summed E-state index contributed by atoms with van der Waals surface area (Å²) in [5.41, 5.74) is 0. The van der Waals surface area contributed by atoms with Crippen LogP contribution in [-0.4, -0.2) is 66.6 Å². The van der Waals surface area contributed by atoms with E-state index < -0.39 is 23.8 Å². The molecular weight excluding hydrogens is 288 g/mol. The van der Waals surface area contributed by atoms with Crippen molar-refractivity contribution < 1.29 is 23.7 Å². The van der Waals surface area contributed by atoms with E-state index in [4.69, 9.17) is 4.74 Å². The number of nitrogens with zero attached hydrogens (tertiary/aromatic N) is 3. The fraction of sp³-hybridized carbons (Fsp3) is 0.357. The molecule has 0 aromatic carbocycles. The van der Waals surface area contributed by atoms with Gasteiger partial charge in [0.25, 0.3) is 11.7 Å². The Morgan fingerprint density at radius 1 is 1.59 bits per heavy atom. The van der Waals surface area contributed by atoms with Gasteiger partial charge in [0.1, 0.15) is 12.0 Å². The minimum Gasteiger partial charge on any atom is -0.499 e. The number of hydrogen-bond acceptors (Lipinski definition) is 5. The number of fused-ring (bicyclic) bond motifs is 1. The Balaban J connectivity index is 2.30. The van der Waals surface area contributed by atoms with E-state index in [1.165, 1.54) is 31.0 Å². The first-order valence-electron chi connectivity index (χ1n) is 6.63. The number of ether oxygens (including phenoxy) is 1. The van der Waals surface area contributed by atoms with E-state index in [0.29, 0.717) is 5.76 Å². The van der Waals surface area contributed by atoms with Gasteiger partial charge in [0, 0.05) is 12.6 Å². The van der Waals surface area contributed by atoms with Crippen molar-refractivity contribution >= 4 is 29.9 Å². The van der Waals surface area contributed by atoms with Gasteiger partial charge in [-0.2, -0.15) is 9.48 Å². The van der Waals surface area contributed by atoms with Crippen LogP contribution in [0, 0.1) is 5.92 Å². The summed E-state index contributed by atoms with van der Waals surface area (Å²) in [6.45, 7) is 3.39. The fourth-order valence-electron chi connectivity index (χ4n) is 2.24. The Morgan fingerprint density at radius 3 is 2.95 bits per heavy atom. The Bertz CT molecular complexity index is 633.